The molecule has 0 N–H and O–H groups in total. The quantitative estimate of drug-likeness (QED) is 0.540. The van der Waals surface area contributed by atoms with Crippen LogP contribution >= 0.6 is 0 Å². The summed E-state index contributed by atoms with van der Waals surface area (Å²) in [6.45, 7) is 10.1. The predicted octanol–water partition coefficient (Wildman–Crippen LogP) is 5.78. The van der Waals surface area contributed by atoms with Crippen molar-refractivity contribution in [2.45, 2.75) is 71.2 Å². The summed E-state index contributed by atoms with van der Waals surface area (Å²) in [5, 5.41) is 0. The van der Waals surface area contributed by atoms with Crippen molar-refractivity contribution >= 4 is 17.9 Å². The minimum absolute atomic E-state index is 0.0433. The number of amides is 2. The molecule has 36 heavy (non-hydrogen) atoms. The van der Waals surface area contributed by atoms with Crippen LogP contribution in [0.2, 0.25) is 0 Å². The number of benzene rings is 2. The molecule has 1 saturated heterocycles. The summed E-state index contributed by atoms with van der Waals surface area (Å²) in [7, 11) is 2.15. The van der Waals surface area contributed by atoms with Gasteiger partial charge in [0.1, 0.15) is 12.2 Å². The fourth-order valence-electron chi connectivity index (χ4n) is 5.19. The zero-order chi connectivity index (χ0) is 25.9. The van der Waals surface area contributed by atoms with E-state index in [4.69, 9.17) is 9.47 Å². The lowest BCUT2D eigenvalue weighted by atomic mass is 9.91. The summed E-state index contributed by atoms with van der Waals surface area (Å²) in [5.74, 6) is 0. The molecular formula is C29H39N3O4. The third kappa shape index (κ3) is 5.94. The lowest BCUT2D eigenvalue weighted by Gasteiger charge is -2.41. The maximum atomic E-state index is 12.8. The van der Waals surface area contributed by atoms with E-state index in [0.717, 1.165) is 24.8 Å². The van der Waals surface area contributed by atoms with Gasteiger partial charge in [-0.05, 0) is 69.7 Å². The monoisotopic (exact) mass is 493 g/mol. The molecule has 194 valence electrons. The molecule has 2 aromatic rings. The molecule has 2 aromatic carbocycles. The Balaban J connectivity index is 1.36. The highest BCUT2D eigenvalue weighted by atomic mass is 16.6. The molecule has 7 nitrogen and oxygen atoms in total. The third-order valence-electron chi connectivity index (χ3n) is 7.19. The predicted molar refractivity (Wildman–Crippen MR) is 141 cm³/mol. The van der Waals surface area contributed by atoms with Crippen LogP contribution in [0, 0.1) is 0 Å². The Morgan fingerprint density at radius 3 is 2.33 bits per heavy atom. The normalized spacial score (nSPS) is 18.4. The highest BCUT2D eigenvalue weighted by molar-refractivity contribution is 5.71. The number of hydrogen-bond donors (Lipinski definition) is 0. The number of rotatable bonds is 4. The number of piperidine rings is 1. The highest BCUT2D eigenvalue weighted by Gasteiger charge is 2.34. The molecule has 1 atom stereocenters. The first kappa shape index (κ1) is 25.9. The summed E-state index contributed by atoms with van der Waals surface area (Å²) in [6, 6.07) is 16.4. The molecule has 0 saturated carbocycles. The van der Waals surface area contributed by atoms with Gasteiger partial charge in [-0.25, -0.2) is 9.59 Å². The molecule has 0 radical (unpaired) electrons. The van der Waals surface area contributed by atoms with Crippen LogP contribution in [0.25, 0.3) is 0 Å². The Bertz CT molecular complexity index is 1060. The molecule has 2 aliphatic rings. The average Bonchev–Trinajstić information content (AvgIpc) is 2.86. The Morgan fingerprint density at radius 2 is 1.67 bits per heavy atom. The summed E-state index contributed by atoms with van der Waals surface area (Å²) >= 11 is 0. The second kappa shape index (κ2) is 10.8. The molecule has 7 heteroatoms. The Kier molecular flexibility index (Phi) is 7.76. The molecule has 0 spiro atoms. The minimum atomic E-state index is -0.512. The van der Waals surface area contributed by atoms with Crippen molar-refractivity contribution in [2.75, 3.05) is 31.6 Å². The van der Waals surface area contributed by atoms with Gasteiger partial charge in [0.25, 0.3) is 0 Å². The number of anilines is 1. The van der Waals surface area contributed by atoms with Gasteiger partial charge in [0, 0.05) is 38.4 Å². The van der Waals surface area contributed by atoms with E-state index in [0.29, 0.717) is 32.3 Å². The van der Waals surface area contributed by atoms with E-state index >= 15 is 0 Å². The summed E-state index contributed by atoms with van der Waals surface area (Å²) in [6.07, 6.45) is 2.07. The highest BCUT2D eigenvalue weighted by Crippen LogP contribution is 2.37. The SMILES string of the molecule is CC1c2cccc(N(C)C3CCN(C(=O)OCc4ccccc4)CC3)c2CCN1C(=O)OC(C)(C)C. The number of likely N-dealkylation sites (tertiary alicyclic amines) is 1. The van der Waals surface area contributed by atoms with Crippen LogP contribution in [-0.2, 0) is 22.5 Å². The molecule has 2 heterocycles. The van der Waals surface area contributed by atoms with E-state index in [1.54, 1.807) is 0 Å². The average molecular weight is 494 g/mol. The third-order valence-corrected chi connectivity index (χ3v) is 7.19. The number of carbonyl (C=O) groups excluding carboxylic acids is 2. The van der Waals surface area contributed by atoms with Crippen molar-refractivity contribution < 1.29 is 19.1 Å². The minimum Gasteiger partial charge on any atom is -0.445 e. The van der Waals surface area contributed by atoms with Crippen molar-refractivity contribution in [3.63, 3.8) is 0 Å². The standard InChI is InChI=1S/C29H39N3O4/c1-21-24-12-9-13-26(25(24)16-19-32(21)28(34)36-29(2,3)4)30(5)23-14-17-31(18-15-23)27(33)35-20-22-10-7-6-8-11-22/h6-13,21,23H,14-20H2,1-5H3. The first-order valence-electron chi connectivity index (χ1n) is 12.9. The molecular weight excluding hydrogens is 454 g/mol. The van der Waals surface area contributed by atoms with Crippen LogP contribution in [0.1, 0.15) is 63.3 Å². The zero-order valence-electron chi connectivity index (χ0n) is 22.2. The molecule has 1 unspecified atom stereocenters. The topological polar surface area (TPSA) is 62.3 Å². The van der Waals surface area contributed by atoms with E-state index in [1.165, 1.54) is 16.8 Å². The van der Waals surface area contributed by atoms with Gasteiger partial charge in [-0.2, -0.15) is 0 Å². The number of ether oxygens (including phenoxy) is 2. The van der Waals surface area contributed by atoms with Crippen LogP contribution in [0.15, 0.2) is 48.5 Å². The van der Waals surface area contributed by atoms with Crippen molar-refractivity contribution in [2.24, 2.45) is 0 Å². The maximum Gasteiger partial charge on any atom is 0.410 e. The number of hydrogen-bond acceptors (Lipinski definition) is 5. The molecule has 4 rings (SSSR count). The number of nitrogens with zero attached hydrogens (tertiary/aromatic N) is 3. The Hall–Kier alpha value is -3.22. The van der Waals surface area contributed by atoms with Crippen molar-refractivity contribution in [3.05, 3.63) is 65.2 Å². The maximum absolute atomic E-state index is 12.8. The van der Waals surface area contributed by atoms with E-state index in [2.05, 4.69) is 37.1 Å². The van der Waals surface area contributed by atoms with Crippen LogP contribution in [-0.4, -0.2) is 60.3 Å². The summed E-state index contributed by atoms with van der Waals surface area (Å²) < 4.78 is 11.2. The van der Waals surface area contributed by atoms with Gasteiger partial charge in [0.2, 0.25) is 0 Å². The number of carbonyl (C=O) groups is 2. The van der Waals surface area contributed by atoms with Crippen LogP contribution < -0.4 is 4.90 Å². The van der Waals surface area contributed by atoms with E-state index in [-0.39, 0.29) is 18.2 Å². The van der Waals surface area contributed by atoms with Gasteiger partial charge in [-0.3, -0.25) is 0 Å². The van der Waals surface area contributed by atoms with Gasteiger partial charge >= 0.3 is 12.2 Å². The molecule has 1 fully saturated rings. The van der Waals surface area contributed by atoms with Crippen LogP contribution in [0.5, 0.6) is 0 Å². The zero-order valence-corrected chi connectivity index (χ0v) is 22.2. The smallest absolute Gasteiger partial charge is 0.410 e. The second-order valence-electron chi connectivity index (χ2n) is 10.8. The number of fused-ring (bicyclic) bond motifs is 1. The van der Waals surface area contributed by atoms with Gasteiger partial charge in [0.05, 0.1) is 6.04 Å². The van der Waals surface area contributed by atoms with E-state index in [1.807, 2.05) is 60.9 Å². The Morgan fingerprint density at radius 1 is 0.972 bits per heavy atom. The summed E-state index contributed by atoms with van der Waals surface area (Å²) in [5.41, 5.74) is 4.18. The molecule has 0 aromatic heterocycles. The van der Waals surface area contributed by atoms with Gasteiger partial charge in [-0.15, -0.1) is 0 Å². The molecule has 2 amide bonds. The fourth-order valence-corrected chi connectivity index (χ4v) is 5.19. The van der Waals surface area contributed by atoms with E-state index in [9.17, 15) is 9.59 Å². The fraction of sp³-hybridized carbons (Fsp3) is 0.517. The largest absolute Gasteiger partial charge is 0.445 e. The Labute approximate surface area is 215 Å². The lowest BCUT2D eigenvalue weighted by Crippen LogP contribution is -2.46. The lowest BCUT2D eigenvalue weighted by molar-refractivity contribution is 0.0159. The van der Waals surface area contributed by atoms with Crippen molar-refractivity contribution in [3.8, 4) is 0 Å². The van der Waals surface area contributed by atoms with E-state index < -0.39 is 5.60 Å². The molecule has 0 aliphatic carbocycles. The van der Waals surface area contributed by atoms with Crippen molar-refractivity contribution in [1.82, 2.24) is 9.80 Å². The molecule has 0 bridgehead atoms. The first-order chi connectivity index (χ1) is 17.1. The van der Waals surface area contributed by atoms with Gasteiger partial charge < -0.3 is 24.2 Å². The summed E-state index contributed by atoms with van der Waals surface area (Å²) in [4.78, 5) is 31.3. The van der Waals surface area contributed by atoms with Crippen LogP contribution in [0.4, 0.5) is 15.3 Å². The first-order valence-corrected chi connectivity index (χ1v) is 12.9. The second-order valence-corrected chi connectivity index (χ2v) is 10.8. The van der Waals surface area contributed by atoms with Crippen molar-refractivity contribution in [1.29, 1.82) is 0 Å². The van der Waals surface area contributed by atoms with Gasteiger partial charge in [0.15, 0.2) is 0 Å². The molecule has 2 aliphatic heterocycles. The van der Waals surface area contributed by atoms with Gasteiger partial charge in [-0.1, -0.05) is 42.5 Å². The van der Waals surface area contributed by atoms with Crippen LogP contribution in [0.3, 0.4) is 0 Å².